The Morgan fingerprint density at radius 1 is 1.50 bits per heavy atom. The lowest BCUT2D eigenvalue weighted by Crippen LogP contribution is -2.25. The lowest BCUT2D eigenvalue weighted by atomic mass is 10.0. The highest BCUT2D eigenvalue weighted by Gasteiger charge is 2.18. The molecule has 0 aromatic heterocycles. The summed E-state index contributed by atoms with van der Waals surface area (Å²) in [6.07, 6.45) is 0.130. The van der Waals surface area contributed by atoms with Gasteiger partial charge in [-0.3, -0.25) is 4.79 Å². The van der Waals surface area contributed by atoms with Crippen molar-refractivity contribution in [2.45, 2.75) is 19.4 Å². The van der Waals surface area contributed by atoms with Crippen LogP contribution in [0.5, 0.6) is 0 Å². The van der Waals surface area contributed by atoms with Gasteiger partial charge in [0.1, 0.15) is 5.82 Å². The molecule has 1 rings (SSSR count). The van der Waals surface area contributed by atoms with E-state index in [1.54, 1.807) is 18.2 Å². The Morgan fingerprint density at radius 3 is 2.75 bits per heavy atom. The molecule has 1 aromatic rings. The second-order valence-electron chi connectivity index (χ2n) is 3.41. The predicted molar refractivity (Wildman–Crippen MR) is 59.5 cm³/mol. The van der Waals surface area contributed by atoms with Gasteiger partial charge in [-0.1, -0.05) is 25.1 Å². The van der Waals surface area contributed by atoms with Crippen LogP contribution in [0.3, 0.4) is 0 Å². The van der Waals surface area contributed by atoms with E-state index in [-0.39, 0.29) is 24.2 Å². The second kappa shape index (κ2) is 6.23. The summed E-state index contributed by atoms with van der Waals surface area (Å²) in [6, 6.07) is 6.10. The van der Waals surface area contributed by atoms with E-state index in [9.17, 15) is 9.18 Å². The van der Waals surface area contributed by atoms with Crippen molar-refractivity contribution in [3.63, 3.8) is 0 Å². The van der Waals surface area contributed by atoms with E-state index >= 15 is 0 Å². The van der Waals surface area contributed by atoms with Gasteiger partial charge in [0, 0.05) is 11.6 Å². The summed E-state index contributed by atoms with van der Waals surface area (Å²) in [7, 11) is 1.33. The normalized spacial score (nSPS) is 12.2. The standard InChI is InChI=1S/C12H16FNO2/c1-3-14-11(8-12(15)16-2)9-6-4-5-7-10(9)13/h4-7,11,14H,3,8H2,1-2H3/t11-/m1/s1. The van der Waals surface area contributed by atoms with Gasteiger partial charge in [-0.05, 0) is 12.6 Å². The highest BCUT2D eigenvalue weighted by Crippen LogP contribution is 2.20. The molecule has 0 saturated heterocycles. The summed E-state index contributed by atoms with van der Waals surface area (Å²) >= 11 is 0. The molecule has 0 aliphatic heterocycles. The molecule has 0 bridgehead atoms. The zero-order valence-electron chi connectivity index (χ0n) is 9.50. The van der Waals surface area contributed by atoms with Gasteiger partial charge < -0.3 is 10.1 Å². The SMILES string of the molecule is CCN[C@H](CC(=O)OC)c1ccccc1F. The number of carbonyl (C=O) groups excluding carboxylic acids is 1. The van der Waals surface area contributed by atoms with Gasteiger partial charge >= 0.3 is 5.97 Å². The summed E-state index contributed by atoms with van der Waals surface area (Å²) in [4.78, 5) is 11.2. The van der Waals surface area contributed by atoms with Gasteiger partial charge in [-0.15, -0.1) is 0 Å². The van der Waals surface area contributed by atoms with Crippen molar-refractivity contribution in [3.8, 4) is 0 Å². The van der Waals surface area contributed by atoms with Gasteiger partial charge in [0.25, 0.3) is 0 Å². The van der Waals surface area contributed by atoms with Crippen LogP contribution in [0.4, 0.5) is 4.39 Å². The van der Waals surface area contributed by atoms with Crippen molar-refractivity contribution < 1.29 is 13.9 Å². The smallest absolute Gasteiger partial charge is 0.307 e. The molecule has 3 nitrogen and oxygen atoms in total. The summed E-state index contributed by atoms with van der Waals surface area (Å²) in [5, 5.41) is 3.06. The molecule has 0 radical (unpaired) electrons. The number of ether oxygens (including phenoxy) is 1. The number of nitrogens with one attached hydrogen (secondary N) is 1. The fourth-order valence-corrected chi connectivity index (χ4v) is 1.55. The van der Waals surface area contributed by atoms with Crippen LogP contribution in [0, 0.1) is 5.82 Å². The van der Waals surface area contributed by atoms with Crippen LogP contribution >= 0.6 is 0 Å². The quantitative estimate of drug-likeness (QED) is 0.779. The topological polar surface area (TPSA) is 38.3 Å². The Bertz CT molecular complexity index is 355. The summed E-state index contributed by atoms with van der Waals surface area (Å²) in [5.41, 5.74) is 0.495. The fraction of sp³-hybridized carbons (Fsp3) is 0.417. The minimum Gasteiger partial charge on any atom is -0.469 e. The molecular formula is C12H16FNO2. The van der Waals surface area contributed by atoms with Gasteiger partial charge in [-0.2, -0.15) is 0 Å². The molecule has 0 amide bonds. The number of halogens is 1. The third kappa shape index (κ3) is 3.31. The van der Waals surface area contributed by atoms with Gasteiger partial charge in [0.05, 0.1) is 13.5 Å². The first kappa shape index (κ1) is 12.6. The summed E-state index contributed by atoms with van der Waals surface area (Å²) in [6.45, 7) is 2.57. The maximum Gasteiger partial charge on any atom is 0.307 e. The zero-order valence-corrected chi connectivity index (χ0v) is 9.50. The van der Waals surface area contributed by atoms with Crippen molar-refractivity contribution >= 4 is 5.97 Å². The van der Waals surface area contributed by atoms with Crippen LogP contribution in [0.1, 0.15) is 24.9 Å². The minimum atomic E-state index is -0.353. The number of rotatable bonds is 5. The lowest BCUT2D eigenvalue weighted by molar-refractivity contribution is -0.141. The second-order valence-corrected chi connectivity index (χ2v) is 3.41. The Labute approximate surface area is 94.6 Å². The van der Waals surface area contributed by atoms with E-state index in [4.69, 9.17) is 0 Å². The molecule has 16 heavy (non-hydrogen) atoms. The van der Waals surface area contributed by atoms with Gasteiger partial charge in [0.2, 0.25) is 0 Å². The summed E-state index contributed by atoms with van der Waals surface area (Å²) < 4.78 is 18.1. The molecule has 0 aliphatic rings. The number of hydrogen-bond donors (Lipinski definition) is 1. The van der Waals surface area contributed by atoms with Crippen molar-refractivity contribution in [2.24, 2.45) is 0 Å². The van der Waals surface area contributed by atoms with Crippen LogP contribution in [-0.4, -0.2) is 19.6 Å². The number of methoxy groups -OCH3 is 1. The molecule has 1 aromatic carbocycles. The number of esters is 1. The molecule has 0 fully saturated rings. The molecule has 0 aliphatic carbocycles. The van der Waals surface area contributed by atoms with Crippen molar-refractivity contribution in [1.29, 1.82) is 0 Å². The molecular weight excluding hydrogens is 209 g/mol. The predicted octanol–water partition coefficient (Wildman–Crippen LogP) is 2.04. The van der Waals surface area contributed by atoms with E-state index in [1.165, 1.54) is 13.2 Å². The largest absolute Gasteiger partial charge is 0.469 e. The number of hydrogen-bond acceptors (Lipinski definition) is 3. The van der Waals surface area contributed by atoms with E-state index in [1.807, 2.05) is 6.92 Å². The third-order valence-corrected chi connectivity index (χ3v) is 2.33. The molecule has 0 unspecified atom stereocenters. The van der Waals surface area contributed by atoms with E-state index < -0.39 is 0 Å². The lowest BCUT2D eigenvalue weighted by Gasteiger charge is -2.17. The third-order valence-electron chi connectivity index (χ3n) is 2.33. The Kier molecular flexibility index (Phi) is 4.92. The average molecular weight is 225 g/mol. The molecule has 88 valence electrons. The van der Waals surface area contributed by atoms with Crippen LogP contribution in [0.15, 0.2) is 24.3 Å². The van der Waals surface area contributed by atoms with Crippen LogP contribution in [-0.2, 0) is 9.53 Å². The molecule has 4 heteroatoms. The highest BCUT2D eigenvalue weighted by atomic mass is 19.1. The van der Waals surface area contributed by atoms with Gasteiger partial charge in [-0.25, -0.2) is 4.39 Å². The summed E-state index contributed by atoms with van der Waals surface area (Å²) in [5.74, 6) is -0.661. The number of benzene rings is 1. The fourth-order valence-electron chi connectivity index (χ4n) is 1.55. The molecule has 1 N–H and O–H groups in total. The van der Waals surface area contributed by atoms with Crippen molar-refractivity contribution in [3.05, 3.63) is 35.6 Å². The Hall–Kier alpha value is -1.42. The highest BCUT2D eigenvalue weighted by molar-refractivity contribution is 5.70. The van der Waals surface area contributed by atoms with Crippen molar-refractivity contribution in [2.75, 3.05) is 13.7 Å². The van der Waals surface area contributed by atoms with Crippen LogP contribution in [0.25, 0.3) is 0 Å². The first-order valence-electron chi connectivity index (χ1n) is 5.23. The van der Waals surface area contributed by atoms with Crippen LogP contribution in [0.2, 0.25) is 0 Å². The van der Waals surface area contributed by atoms with Crippen LogP contribution < -0.4 is 5.32 Å². The zero-order chi connectivity index (χ0) is 12.0. The first-order chi connectivity index (χ1) is 7.69. The molecule has 0 heterocycles. The molecule has 0 saturated carbocycles. The minimum absolute atomic E-state index is 0.130. The van der Waals surface area contributed by atoms with E-state index in [0.29, 0.717) is 12.1 Å². The van der Waals surface area contributed by atoms with Crippen molar-refractivity contribution in [1.82, 2.24) is 5.32 Å². The number of carbonyl (C=O) groups is 1. The van der Waals surface area contributed by atoms with Gasteiger partial charge in [0.15, 0.2) is 0 Å². The maximum absolute atomic E-state index is 13.5. The average Bonchev–Trinajstić information content (AvgIpc) is 2.29. The Morgan fingerprint density at radius 2 is 2.19 bits per heavy atom. The Balaban J connectivity index is 2.85. The maximum atomic E-state index is 13.5. The van der Waals surface area contributed by atoms with E-state index in [0.717, 1.165) is 0 Å². The molecule has 0 spiro atoms. The monoisotopic (exact) mass is 225 g/mol. The first-order valence-corrected chi connectivity index (χ1v) is 5.23. The van der Waals surface area contributed by atoms with E-state index in [2.05, 4.69) is 10.1 Å². The molecule has 1 atom stereocenters.